The molecule has 0 saturated carbocycles. The SMILES string of the molecule is O=CN(c1ccc(C(CCC(=O)O)N=O)cc1)c1ccco1. The van der Waals surface area contributed by atoms with Crippen molar-refractivity contribution in [1.29, 1.82) is 0 Å². The van der Waals surface area contributed by atoms with E-state index in [4.69, 9.17) is 9.52 Å². The summed E-state index contributed by atoms with van der Waals surface area (Å²) in [6.07, 6.45) is 2.07. The van der Waals surface area contributed by atoms with Gasteiger partial charge in [0.15, 0.2) is 0 Å². The molecule has 1 atom stereocenters. The number of hydrogen-bond acceptors (Lipinski definition) is 5. The molecule has 0 fully saturated rings. The molecule has 1 aromatic carbocycles. The van der Waals surface area contributed by atoms with E-state index in [1.807, 2.05) is 0 Å². The normalized spacial score (nSPS) is 11.6. The molecule has 1 heterocycles. The van der Waals surface area contributed by atoms with Crippen LogP contribution in [-0.4, -0.2) is 17.5 Å². The zero-order valence-electron chi connectivity index (χ0n) is 11.6. The second-order valence-electron chi connectivity index (χ2n) is 4.57. The number of hydrogen-bond donors (Lipinski definition) is 1. The van der Waals surface area contributed by atoms with E-state index < -0.39 is 12.0 Å². The summed E-state index contributed by atoms with van der Waals surface area (Å²) in [5.41, 5.74) is 1.17. The van der Waals surface area contributed by atoms with Crippen molar-refractivity contribution in [3.05, 3.63) is 53.1 Å². The van der Waals surface area contributed by atoms with E-state index in [9.17, 15) is 14.5 Å². The number of benzene rings is 1. The molecule has 0 aliphatic rings. The lowest BCUT2D eigenvalue weighted by atomic mass is 10.0. The quantitative estimate of drug-likeness (QED) is 0.596. The Hall–Kier alpha value is -2.96. The largest absolute Gasteiger partial charge is 0.481 e. The Kier molecular flexibility index (Phi) is 5.02. The average molecular weight is 302 g/mol. The van der Waals surface area contributed by atoms with Crippen molar-refractivity contribution in [2.75, 3.05) is 4.90 Å². The van der Waals surface area contributed by atoms with Gasteiger partial charge in [0, 0.05) is 12.5 Å². The van der Waals surface area contributed by atoms with Crippen LogP contribution in [0.2, 0.25) is 0 Å². The molecule has 2 aromatic rings. The first-order chi connectivity index (χ1) is 10.7. The predicted molar refractivity (Wildman–Crippen MR) is 78.8 cm³/mol. The second kappa shape index (κ2) is 7.16. The second-order valence-corrected chi connectivity index (χ2v) is 4.57. The number of amides is 1. The lowest BCUT2D eigenvalue weighted by Crippen LogP contribution is -2.13. The zero-order chi connectivity index (χ0) is 15.9. The van der Waals surface area contributed by atoms with Gasteiger partial charge in [-0.1, -0.05) is 17.3 Å². The Morgan fingerprint density at radius 1 is 1.32 bits per heavy atom. The minimum Gasteiger partial charge on any atom is -0.481 e. The van der Waals surface area contributed by atoms with Crippen molar-refractivity contribution in [1.82, 2.24) is 0 Å². The number of anilines is 2. The highest BCUT2D eigenvalue weighted by Gasteiger charge is 2.15. The van der Waals surface area contributed by atoms with Crippen LogP contribution >= 0.6 is 0 Å². The lowest BCUT2D eigenvalue weighted by molar-refractivity contribution is -0.137. The first kappa shape index (κ1) is 15.4. The standard InChI is InChI=1S/C15H14N2O5/c18-10-17(14-2-1-9-22-14)12-5-3-11(4-6-12)13(16-21)7-8-15(19)20/h1-6,9-10,13H,7-8H2,(H,19,20). The molecule has 22 heavy (non-hydrogen) atoms. The maximum atomic E-state index is 11.2. The molecule has 0 saturated heterocycles. The summed E-state index contributed by atoms with van der Waals surface area (Å²) in [5, 5.41) is 11.6. The Balaban J connectivity index is 2.16. The number of carboxylic acids is 1. The zero-order valence-corrected chi connectivity index (χ0v) is 11.6. The number of nitroso groups, excluding NO2 is 1. The van der Waals surface area contributed by atoms with Gasteiger partial charge in [0.1, 0.15) is 6.04 Å². The summed E-state index contributed by atoms with van der Waals surface area (Å²) < 4.78 is 5.17. The van der Waals surface area contributed by atoms with Crippen LogP contribution in [0.3, 0.4) is 0 Å². The van der Waals surface area contributed by atoms with Crippen molar-refractivity contribution in [3.63, 3.8) is 0 Å². The lowest BCUT2D eigenvalue weighted by Gasteiger charge is -2.15. The van der Waals surface area contributed by atoms with Crippen molar-refractivity contribution in [2.24, 2.45) is 5.18 Å². The molecule has 0 radical (unpaired) electrons. The first-order valence-corrected chi connectivity index (χ1v) is 6.58. The third kappa shape index (κ3) is 3.57. The summed E-state index contributed by atoms with van der Waals surface area (Å²) in [5.74, 6) is -0.603. The van der Waals surface area contributed by atoms with E-state index >= 15 is 0 Å². The highest BCUT2D eigenvalue weighted by molar-refractivity contribution is 5.84. The Labute approximate surface area is 126 Å². The fourth-order valence-corrected chi connectivity index (χ4v) is 2.04. The maximum absolute atomic E-state index is 11.2. The molecule has 0 spiro atoms. The number of carbonyl (C=O) groups excluding carboxylic acids is 1. The van der Waals surface area contributed by atoms with E-state index in [0.717, 1.165) is 0 Å². The topological polar surface area (TPSA) is 100 Å². The molecule has 0 aliphatic carbocycles. The van der Waals surface area contributed by atoms with Crippen LogP contribution < -0.4 is 4.90 Å². The van der Waals surface area contributed by atoms with Gasteiger partial charge in [-0.2, -0.15) is 4.91 Å². The number of carbonyl (C=O) groups is 2. The van der Waals surface area contributed by atoms with Gasteiger partial charge in [-0.3, -0.25) is 14.5 Å². The Bertz CT molecular complexity index is 636. The van der Waals surface area contributed by atoms with E-state index in [1.165, 1.54) is 11.2 Å². The molecule has 0 aliphatic heterocycles. The van der Waals surface area contributed by atoms with E-state index in [1.54, 1.807) is 36.4 Å². The molecular weight excluding hydrogens is 288 g/mol. The fourth-order valence-electron chi connectivity index (χ4n) is 2.04. The summed E-state index contributed by atoms with van der Waals surface area (Å²) in [4.78, 5) is 33.9. The van der Waals surface area contributed by atoms with Crippen LogP contribution in [0, 0.1) is 4.91 Å². The number of aliphatic carboxylic acids is 1. The number of rotatable bonds is 8. The highest BCUT2D eigenvalue weighted by atomic mass is 16.4. The van der Waals surface area contributed by atoms with Crippen molar-refractivity contribution < 1.29 is 19.1 Å². The summed E-state index contributed by atoms with van der Waals surface area (Å²) in [6.45, 7) is 0. The van der Waals surface area contributed by atoms with Gasteiger partial charge in [0.25, 0.3) is 0 Å². The van der Waals surface area contributed by atoms with Crippen molar-refractivity contribution >= 4 is 24.0 Å². The third-order valence-corrected chi connectivity index (χ3v) is 3.16. The van der Waals surface area contributed by atoms with Crippen LogP contribution in [-0.2, 0) is 9.59 Å². The molecule has 1 amide bonds. The van der Waals surface area contributed by atoms with E-state index in [0.29, 0.717) is 23.5 Å². The summed E-state index contributed by atoms with van der Waals surface area (Å²) >= 11 is 0. The Morgan fingerprint density at radius 3 is 2.55 bits per heavy atom. The van der Waals surface area contributed by atoms with Gasteiger partial charge in [0.05, 0.1) is 12.0 Å². The molecule has 7 nitrogen and oxygen atoms in total. The number of furan rings is 1. The van der Waals surface area contributed by atoms with Crippen LogP contribution in [0.4, 0.5) is 11.6 Å². The first-order valence-electron chi connectivity index (χ1n) is 6.58. The summed E-state index contributed by atoms with van der Waals surface area (Å²) in [6, 6.07) is 9.16. The minimum absolute atomic E-state index is 0.133. The Morgan fingerprint density at radius 2 is 2.05 bits per heavy atom. The fraction of sp³-hybridized carbons (Fsp3) is 0.200. The van der Waals surface area contributed by atoms with Gasteiger partial charge < -0.3 is 9.52 Å². The average Bonchev–Trinajstić information content (AvgIpc) is 3.04. The maximum Gasteiger partial charge on any atom is 0.303 e. The van der Waals surface area contributed by atoms with Gasteiger partial charge in [-0.15, -0.1) is 0 Å². The van der Waals surface area contributed by atoms with Crippen molar-refractivity contribution in [3.8, 4) is 0 Å². The molecular formula is C15H14N2O5. The van der Waals surface area contributed by atoms with Gasteiger partial charge >= 0.3 is 5.97 Å². The molecule has 1 aromatic heterocycles. The minimum atomic E-state index is -0.977. The van der Waals surface area contributed by atoms with E-state index in [2.05, 4.69) is 5.18 Å². The van der Waals surface area contributed by atoms with Crippen LogP contribution in [0.1, 0.15) is 24.4 Å². The molecule has 0 bridgehead atoms. The van der Waals surface area contributed by atoms with Crippen LogP contribution in [0.25, 0.3) is 0 Å². The van der Waals surface area contributed by atoms with Gasteiger partial charge in [0.2, 0.25) is 12.3 Å². The smallest absolute Gasteiger partial charge is 0.303 e. The van der Waals surface area contributed by atoms with Gasteiger partial charge in [-0.05, 0) is 30.2 Å². The number of nitrogens with zero attached hydrogens (tertiary/aromatic N) is 2. The molecule has 114 valence electrons. The molecule has 7 heteroatoms. The monoisotopic (exact) mass is 302 g/mol. The van der Waals surface area contributed by atoms with Crippen LogP contribution in [0.15, 0.2) is 52.3 Å². The van der Waals surface area contributed by atoms with Gasteiger partial charge in [-0.25, -0.2) is 0 Å². The number of carboxylic acid groups (broad SMARTS) is 1. The highest BCUT2D eigenvalue weighted by Crippen LogP contribution is 2.28. The molecule has 1 N–H and O–H groups in total. The van der Waals surface area contributed by atoms with E-state index in [-0.39, 0.29) is 12.8 Å². The van der Waals surface area contributed by atoms with Crippen molar-refractivity contribution in [2.45, 2.75) is 18.9 Å². The van der Waals surface area contributed by atoms with Crippen LogP contribution in [0.5, 0.6) is 0 Å². The molecule has 2 rings (SSSR count). The molecule has 1 unspecified atom stereocenters. The predicted octanol–water partition coefficient (Wildman–Crippen LogP) is 3.25. The summed E-state index contributed by atoms with van der Waals surface area (Å²) in [7, 11) is 0. The third-order valence-electron chi connectivity index (χ3n) is 3.16.